The van der Waals surface area contributed by atoms with E-state index >= 15 is 0 Å². The van der Waals surface area contributed by atoms with Gasteiger partial charge < -0.3 is 5.21 Å². The van der Waals surface area contributed by atoms with E-state index < -0.39 is 0 Å². The lowest BCUT2D eigenvalue weighted by molar-refractivity contribution is 0.0963. The molecule has 2 heterocycles. The van der Waals surface area contributed by atoms with Gasteiger partial charge in [-0.15, -0.1) is 0 Å². The standard InChI is InChI=1S/C10H18N2O/c1-10(2)7-8(11-13)6-9-4-3-5-12(9)10/h9,13H,3-7H2,1-2H3/b11-8+/t9-/m0/s1. The van der Waals surface area contributed by atoms with Gasteiger partial charge in [-0.05, 0) is 33.2 Å². The zero-order valence-corrected chi connectivity index (χ0v) is 8.45. The first kappa shape index (κ1) is 9.00. The van der Waals surface area contributed by atoms with Crippen LogP contribution in [0.15, 0.2) is 5.16 Å². The smallest absolute Gasteiger partial charge is 0.0604 e. The largest absolute Gasteiger partial charge is 0.411 e. The molecule has 1 atom stereocenters. The number of oxime groups is 1. The van der Waals surface area contributed by atoms with Crippen molar-refractivity contribution in [2.45, 2.75) is 51.1 Å². The van der Waals surface area contributed by atoms with E-state index in [2.05, 4.69) is 23.9 Å². The zero-order valence-electron chi connectivity index (χ0n) is 8.45. The van der Waals surface area contributed by atoms with Gasteiger partial charge >= 0.3 is 0 Å². The quantitative estimate of drug-likeness (QED) is 0.458. The van der Waals surface area contributed by atoms with Crippen LogP contribution in [0.25, 0.3) is 0 Å². The van der Waals surface area contributed by atoms with Crippen molar-refractivity contribution in [2.24, 2.45) is 5.16 Å². The average molecular weight is 182 g/mol. The van der Waals surface area contributed by atoms with Crippen LogP contribution in [-0.2, 0) is 0 Å². The van der Waals surface area contributed by atoms with Gasteiger partial charge in [-0.1, -0.05) is 5.16 Å². The van der Waals surface area contributed by atoms with Crippen LogP contribution in [0, 0.1) is 0 Å². The van der Waals surface area contributed by atoms with E-state index in [1.807, 2.05) is 0 Å². The highest BCUT2D eigenvalue weighted by Gasteiger charge is 2.41. The SMILES string of the molecule is CC1(C)C/C(=N/O)C[C@@H]2CCCN21. The van der Waals surface area contributed by atoms with Crippen molar-refractivity contribution in [1.82, 2.24) is 4.90 Å². The molecule has 3 nitrogen and oxygen atoms in total. The monoisotopic (exact) mass is 182 g/mol. The summed E-state index contributed by atoms with van der Waals surface area (Å²) in [5.41, 5.74) is 1.18. The molecule has 0 aromatic heterocycles. The second-order valence-electron chi connectivity index (χ2n) is 4.85. The molecule has 0 aliphatic carbocycles. The molecule has 0 saturated carbocycles. The van der Waals surface area contributed by atoms with Crippen LogP contribution in [0.1, 0.15) is 39.5 Å². The molecule has 0 spiro atoms. The Morgan fingerprint density at radius 3 is 3.00 bits per heavy atom. The van der Waals surface area contributed by atoms with Crippen LogP contribution in [-0.4, -0.2) is 33.9 Å². The number of fused-ring (bicyclic) bond motifs is 1. The number of nitrogens with zero attached hydrogens (tertiary/aromatic N) is 2. The third-order valence-corrected chi connectivity index (χ3v) is 3.40. The maximum absolute atomic E-state index is 8.81. The molecule has 2 rings (SSSR count). The molecule has 0 amide bonds. The molecule has 0 unspecified atom stereocenters. The number of hydrogen-bond donors (Lipinski definition) is 1. The molecule has 1 N–H and O–H groups in total. The third-order valence-electron chi connectivity index (χ3n) is 3.40. The average Bonchev–Trinajstić information content (AvgIpc) is 2.51. The van der Waals surface area contributed by atoms with Crippen LogP contribution in [0.4, 0.5) is 0 Å². The van der Waals surface area contributed by atoms with Gasteiger partial charge in [0.15, 0.2) is 0 Å². The Morgan fingerprint density at radius 2 is 2.31 bits per heavy atom. The molecule has 2 saturated heterocycles. The Kier molecular flexibility index (Phi) is 2.06. The van der Waals surface area contributed by atoms with Crippen LogP contribution in [0.2, 0.25) is 0 Å². The Bertz CT molecular complexity index is 235. The Balaban J connectivity index is 2.20. The summed E-state index contributed by atoms with van der Waals surface area (Å²) in [4.78, 5) is 2.57. The molecule has 74 valence electrons. The lowest BCUT2D eigenvalue weighted by Gasteiger charge is -2.44. The van der Waals surface area contributed by atoms with Crippen molar-refractivity contribution in [3.63, 3.8) is 0 Å². The molecule has 0 aromatic carbocycles. The summed E-state index contributed by atoms with van der Waals surface area (Å²) in [5.74, 6) is 0. The number of piperidine rings is 1. The van der Waals surface area contributed by atoms with E-state index in [-0.39, 0.29) is 5.54 Å². The Labute approximate surface area is 79.4 Å². The Hall–Kier alpha value is -0.570. The van der Waals surface area contributed by atoms with Crippen molar-refractivity contribution >= 4 is 5.71 Å². The molecule has 3 heteroatoms. The van der Waals surface area contributed by atoms with Gasteiger partial charge in [0.1, 0.15) is 0 Å². The summed E-state index contributed by atoms with van der Waals surface area (Å²) in [7, 11) is 0. The van der Waals surface area contributed by atoms with E-state index in [0.717, 1.165) is 18.6 Å². The predicted molar refractivity (Wildman–Crippen MR) is 52.3 cm³/mol. The first-order valence-electron chi connectivity index (χ1n) is 5.10. The van der Waals surface area contributed by atoms with Gasteiger partial charge in [0.25, 0.3) is 0 Å². The van der Waals surface area contributed by atoms with Crippen LogP contribution >= 0.6 is 0 Å². The van der Waals surface area contributed by atoms with Gasteiger partial charge in [-0.25, -0.2) is 0 Å². The van der Waals surface area contributed by atoms with Crippen molar-refractivity contribution in [1.29, 1.82) is 0 Å². The fourth-order valence-electron chi connectivity index (χ4n) is 2.87. The molecular weight excluding hydrogens is 164 g/mol. The lowest BCUT2D eigenvalue weighted by Crippen LogP contribution is -2.52. The first-order chi connectivity index (χ1) is 6.13. The van der Waals surface area contributed by atoms with Crippen LogP contribution in [0.5, 0.6) is 0 Å². The normalized spacial score (nSPS) is 36.5. The van der Waals surface area contributed by atoms with Crippen LogP contribution in [0.3, 0.4) is 0 Å². The summed E-state index contributed by atoms with van der Waals surface area (Å²) in [6, 6.07) is 0.634. The minimum Gasteiger partial charge on any atom is -0.411 e. The van der Waals surface area contributed by atoms with E-state index in [1.165, 1.54) is 19.4 Å². The molecular formula is C10H18N2O. The van der Waals surface area contributed by atoms with Crippen LogP contribution < -0.4 is 0 Å². The van der Waals surface area contributed by atoms with Gasteiger partial charge in [-0.2, -0.15) is 0 Å². The topological polar surface area (TPSA) is 35.8 Å². The summed E-state index contributed by atoms with van der Waals surface area (Å²) in [6.07, 6.45) is 4.45. The van der Waals surface area contributed by atoms with Gasteiger partial charge in [0.2, 0.25) is 0 Å². The summed E-state index contributed by atoms with van der Waals surface area (Å²) in [6.45, 7) is 5.71. The van der Waals surface area contributed by atoms with Crippen molar-refractivity contribution in [3.05, 3.63) is 0 Å². The highest BCUT2D eigenvalue weighted by molar-refractivity contribution is 5.86. The molecule has 2 aliphatic heterocycles. The van der Waals surface area contributed by atoms with E-state index in [1.54, 1.807) is 0 Å². The molecule has 13 heavy (non-hydrogen) atoms. The predicted octanol–water partition coefficient (Wildman–Crippen LogP) is 1.85. The van der Waals surface area contributed by atoms with E-state index in [9.17, 15) is 0 Å². The van der Waals surface area contributed by atoms with E-state index in [0.29, 0.717) is 6.04 Å². The zero-order chi connectivity index (χ0) is 9.47. The first-order valence-corrected chi connectivity index (χ1v) is 5.10. The highest BCUT2D eigenvalue weighted by atomic mass is 16.4. The summed E-state index contributed by atoms with van der Waals surface area (Å²) >= 11 is 0. The van der Waals surface area contributed by atoms with Gasteiger partial charge in [0, 0.05) is 24.4 Å². The van der Waals surface area contributed by atoms with Gasteiger partial charge in [-0.3, -0.25) is 4.90 Å². The molecule has 2 aliphatic rings. The second-order valence-corrected chi connectivity index (χ2v) is 4.85. The minimum absolute atomic E-state index is 0.195. The third kappa shape index (κ3) is 1.46. The lowest BCUT2D eigenvalue weighted by atomic mass is 9.86. The number of rotatable bonds is 0. The number of hydrogen-bond acceptors (Lipinski definition) is 3. The van der Waals surface area contributed by atoms with Crippen molar-refractivity contribution in [3.8, 4) is 0 Å². The van der Waals surface area contributed by atoms with Gasteiger partial charge in [0.05, 0.1) is 5.71 Å². The fourth-order valence-corrected chi connectivity index (χ4v) is 2.87. The molecule has 0 aromatic rings. The van der Waals surface area contributed by atoms with Crippen molar-refractivity contribution in [2.75, 3.05) is 6.54 Å². The fraction of sp³-hybridized carbons (Fsp3) is 0.900. The molecule has 0 radical (unpaired) electrons. The maximum atomic E-state index is 8.81. The maximum Gasteiger partial charge on any atom is 0.0604 e. The second kappa shape index (κ2) is 2.98. The summed E-state index contributed by atoms with van der Waals surface area (Å²) < 4.78 is 0. The van der Waals surface area contributed by atoms with Crippen molar-refractivity contribution < 1.29 is 5.21 Å². The van der Waals surface area contributed by atoms with E-state index in [4.69, 9.17) is 5.21 Å². The molecule has 0 bridgehead atoms. The summed E-state index contributed by atoms with van der Waals surface area (Å²) in [5, 5.41) is 12.2. The highest BCUT2D eigenvalue weighted by Crippen LogP contribution is 2.36. The molecule has 2 fully saturated rings. The Morgan fingerprint density at radius 1 is 1.54 bits per heavy atom. The minimum atomic E-state index is 0.195.